The second kappa shape index (κ2) is 14.5. The molecule has 7 rings (SSSR count). The molecule has 0 bridgehead atoms. The highest BCUT2D eigenvalue weighted by Gasteiger charge is 2.44. The van der Waals surface area contributed by atoms with E-state index in [1.165, 1.54) is 11.1 Å². The molecule has 1 unspecified atom stereocenters. The summed E-state index contributed by atoms with van der Waals surface area (Å²) in [5.41, 5.74) is 5.43. The Morgan fingerprint density at radius 2 is 1.47 bits per heavy atom. The summed E-state index contributed by atoms with van der Waals surface area (Å²) in [6.45, 7) is 14.0. The Bertz CT molecular complexity index is 2070. The Morgan fingerprint density at radius 1 is 0.849 bits per heavy atom. The van der Waals surface area contributed by atoms with Crippen molar-refractivity contribution in [2.24, 2.45) is 0 Å². The highest BCUT2D eigenvalue weighted by Crippen LogP contribution is 2.35. The van der Waals surface area contributed by atoms with Gasteiger partial charge in [0, 0.05) is 55.6 Å². The van der Waals surface area contributed by atoms with Crippen LogP contribution in [0.15, 0.2) is 85.6 Å². The fourth-order valence-electron chi connectivity index (χ4n) is 7.11. The summed E-state index contributed by atoms with van der Waals surface area (Å²) in [6.07, 6.45) is 1.90. The zero-order valence-corrected chi connectivity index (χ0v) is 30.1. The maximum absolute atomic E-state index is 13.3. The largest absolute Gasteiger partial charge is 0.491 e. The lowest BCUT2D eigenvalue weighted by Crippen LogP contribution is -2.54. The summed E-state index contributed by atoms with van der Waals surface area (Å²) in [4.78, 5) is 64.7. The molecule has 4 amide bonds. The number of hydrogen-bond acceptors (Lipinski definition) is 10. The number of aromatic nitrogens is 2. The summed E-state index contributed by atoms with van der Waals surface area (Å²) in [5, 5.41) is 2.24. The van der Waals surface area contributed by atoms with Gasteiger partial charge in [0.25, 0.3) is 11.8 Å². The van der Waals surface area contributed by atoms with Gasteiger partial charge in [0.1, 0.15) is 18.4 Å². The van der Waals surface area contributed by atoms with Crippen LogP contribution in [0.2, 0.25) is 0 Å². The molecule has 2 saturated heterocycles. The molecule has 1 aromatic heterocycles. The second-order valence-corrected chi connectivity index (χ2v) is 13.9. The molecule has 0 aliphatic carbocycles. The molecule has 0 saturated carbocycles. The number of ether oxygens (including phenoxy) is 2. The van der Waals surface area contributed by atoms with E-state index in [2.05, 4.69) is 81.9 Å². The Labute approximate surface area is 308 Å². The molecule has 1 N–H and O–H groups in total. The van der Waals surface area contributed by atoms with Gasteiger partial charge >= 0.3 is 0 Å². The fraction of sp³-hybridized carbons (Fsp3) is 0.317. The average Bonchev–Trinajstić information content (AvgIpc) is 3.42. The van der Waals surface area contributed by atoms with Crippen LogP contribution in [-0.4, -0.2) is 77.3 Å². The lowest BCUT2D eigenvalue weighted by molar-refractivity contribution is -0.136. The Hall–Kier alpha value is -6.04. The van der Waals surface area contributed by atoms with E-state index in [9.17, 15) is 19.2 Å². The molecular weight excluding hydrogens is 672 g/mol. The molecule has 0 spiro atoms. The van der Waals surface area contributed by atoms with Gasteiger partial charge in [0.05, 0.1) is 23.4 Å². The highest BCUT2D eigenvalue weighted by atomic mass is 16.5. The first kappa shape index (κ1) is 35.4. The van der Waals surface area contributed by atoms with Gasteiger partial charge in [-0.1, -0.05) is 44.7 Å². The highest BCUT2D eigenvalue weighted by molar-refractivity contribution is 6.23. The van der Waals surface area contributed by atoms with E-state index < -0.39 is 29.7 Å². The average molecular weight is 715 g/mol. The summed E-state index contributed by atoms with van der Waals surface area (Å²) in [7, 11) is 0. The number of carbonyl (C=O) groups excluding carboxylic acids is 4. The van der Waals surface area contributed by atoms with Crippen LogP contribution in [0.25, 0.3) is 5.76 Å². The van der Waals surface area contributed by atoms with Crippen molar-refractivity contribution in [2.45, 2.75) is 51.7 Å². The number of benzene rings is 3. The number of carbonyl (C=O) groups is 4. The van der Waals surface area contributed by atoms with Gasteiger partial charge in [-0.05, 0) is 73.0 Å². The molecule has 0 radical (unpaired) electrons. The van der Waals surface area contributed by atoms with Gasteiger partial charge in [-0.2, -0.15) is 0 Å². The molecule has 3 aliphatic rings. The zero-order valence-electron chi connectivity index (χ0n) is 30.1. The van der Waals surface area contributed by atoms with Crippen molar-refractivity contribution in [3.05, 3.63) is 119 Å². The van der Waals surface area contributed by atoms with Crippen LogP contribution in [0.3, 0.4) is 0 Å². The van der Waals surface area contributed by atoms with E-state index in [4.69, 9.17) is 9.47 Å². The third-order valence-corrected chi connectivity index (χ3v) is 10.3. The number of anilines is 2. The third kappa shape index (κ3) is 7.09. The topological polar surface area (TPSA) is 134 Å². The number of imide groups is 2. The van der Waals surface area contributed by atoms with Crippen molar-refractivity contribution in [1.29, 1.82) is 0 Å². The first-order chi connectivity index (χ1) is 25.5. The Kier molecular flexibility index (Phi) is 9.70. The predicted octanol–water partition coefficient (Wildman–Crippen LogP) is 5.12. The second-order valence-electron chi connectivity index (χ2n) is 13.9. The maximum Gasteiger partial charge on any atom is 0.262 e. The number of hydrogen-bond donors (Lipinski definition) is 1. The molecule has 12 heteroatoms. The van der Waals surface area contributed by atoms with Gasteiger partial charge in [0.2, 0.25) is 11.8 Å². The smallest absolute Gasteiger partial charge is 0.262 e. The molecule has 4 aromatic rings. The van der Waals surface area contributed by atoms with E-state index in [1.807, 2.05) is 31.2 Å². The van der Waals surface area contributed by atoms with Crippen LogP contribution in [0.4, 0.5) is 11.4 Å². The zero-order chi connectivity index (χ0) is 37.3. The van der Waals surface area contributed by atoms with Gasteiger partial charge in [0.15, 0.2) is 11.6 Å². The van der Waals surface area contributed by atoms with Crippen molar-refractivity contribution < 1.29 is 28.7 Å². The minimum Gasteiger partial charge on any atom is -0.491 e. The van der Waals surface area contributed by atoms with Gasteiger partial charge in [-0.3, -0.25) is 29.4 Å². The molecule has 53 heavy (non-hydrogen) atoms. The maximum atomic E-state index is 13.3. The summed E-state index contributed by atoms with van der Waals surface area (Å²) < 4.78 is 11.4. The molecule has 1 atom stereocenters. The van der Waals surface area contributed by atoms with E-state index in [0.29, 0.717) is 30.4 Å². The van der Waals surface area contributed by atoms with E-state index in [0.717, 1.165) is 53.9 Å². The number of nitrogens with one attached hydrogen (secondary N) is 1. The van der Waals surface area contributed by atoms with E-state index in [-0.39, 0.29) is 23.8 Å². The van der Waals surface area contributed by atoms with Gasteiger partial charge < -0.3 is 19.3 Å². The third-order valence-electron chi connectivity index (χ3n) is 10.3. The van der Waals surface area contributed by atoms with Gasteiger partial charge in [-0.15, -0.1) is 0 Å². The van der Waals surface area contributed by atoms with Crippen LogP contribution in [0, 0.1) is 0 Å². The summed E-state index contributed by atoms with van der Waals surface area (Å²) in [5.74, 6) is -0.361. The molecule has 272 valence electrons. The number of amides is 4. The minimum absolute atomic E-state index is 0.0889. The summed E-state index contributed by atoms with van der Waals surface area (Å²) >= 11 is 0. The van der Waals surface area contributed by atoms with Crippen molar-refractivity contribution in [3.63, 3.8) is 0 Å². The first-order valence-corrected chi connectivity index (χ1v) is 17.9. The first-order valence-electron chi connectivity index (χ1n) is 17.9. The van der Waals surface area contributed by atoms with Crippen LogP contribution >= 0.6 is 0 Å². The Balaban J connectivity index is 0.944. The van der Waals surface area contributed by atoms with Crippen LogP contribution in [0.1, 0.15) is 77.0 Å². The monoisotopic (exact) mass is 714 g/mol. The minimum atomic E-state index is -0.978. The predicted molar refractivity (Wildman–Crippen MR) is 200 cm³/mol. The normalized spacial score (nSPS) is 17.5. The number of piperazine rings is 1. The number of nitrogens with zero attached hydrogens (tertiary/aromatic N) is 5. The van der Waals surface area contributed by atoms with E-state index >= 15 is 0 Å². The molecule has 12 nitrogen and oxygen atoms in total. The van der Waals surface area contributed by atoms with E-state index in [1.54, 1.807) is 18.3 Å². The molecule has 3 aromatic carbocycles. The van der Waals surface area contributed by atoms with Crippen LogP contribution in [0.5, 0.6) is 5.75 Å². The molecule has 4 heterocycles. The van der Waals surface area contributed by atoms with Crippen molar-refractivity contribution >= 4 is 40.8 Å². The van der Waals surface area contributed by atoms with Crippen molar-refractivity contribution in [1.82, 2.24) is 20.2 Å². The van der Waals surface area contributed by atoms with Crippen molar-refractivity contribution in [3.8, 4) is 5.75 Å². The van der Waals surface area contributed by atoms with Crippen LogP contribution in [-0.2, 0) is 26.3 Å². The lowest BCUT2D eigenvalue weighted by atomic mass is 9.78. The molecular formula is C41H42N6O6. The number of piperidine rings is 1. The summed E-state index contributed by atoms with van der Waals surface area (Å²) in [6, 6.07) is 23.0. The lowest BCUT2D eigenvalue weighted by Gasteiger charge is -2.37. The Morgan fingerprint density at radius 3 is 2.13 bits per heavy atom. The van der Waals surface area contributed by atoms with Crippen molar-refractivity contribution in [2.75, 3.05) is 42.6 Å². The quantitative estimate of drug-likeness (QED) is 0.165. The standard InChI is InChI=1S/C41H42N6O6/c1-5-52-26(2)37-42-19-18-29(43-37)25-53-32-13-8-28(9-14-32)41(3,4)27-6-10-30(11-7-27)45-20-22-46(23-21-45)31-12-15-33-34(24-31)40(51)47(39(33)50)35-16-17-36(48)44-38(35)49/h6-15,18-19,24,35H,2,5,16-17,20-23,25H2,1,3-4H3,(H,44,48,49). The fourth-order valence-corrected chi connectivity index (χ4v) is 7.11. The molecule has 2 fully saturated rings. The van der Waals surface area contributed by atoms with Crippen LogP contribution < -0.4 is 19.9 Å². The molecule has 3 aliphatic heterocycles. The number of rotatable bonds is 11. The number of fused-ring (bicyclic) bond motifs is 1. The SMILES string of the molecule is C=C(OCC)c1nccc(COc2ccc(C(C)(C)c3ccc(N4CCN(c5ccc6c(c5)C(=O)N(C5CCC(=O)NC5=O)C6=O)CC4)cc3)cc2)n1. The van der Waals surface area contributed by atoms with Gasteiger partial charge in [-0.25, -0.2) is 9.97 Å².